The molecule has 44 heavy (non-hydrogen) atoms. The van der Waals surface area contributed by atoms with Crippen LogP contribution in [0.4, 0.5) is 30.2 Å². The lowest BCUT2D eigenvalue weighted by molar-refractivity contribution is -0.137. The van der Waals surface area contributed by atoms with E-state index >= 15 is 0 Å². The lowest BCUT2D eigenvalue weighted by Gasteiger charge is -2.26. The van der Waals surface area contributed by atoms with Crippen molar-refractivity contribution in [2.24, 2.45) is 0 Å². The molecule has 0 spiro atoms. The van der Waals surface area contributed by atoms with Gasteiger partial charge in [-0.05, 0) is 97.1 Å². The molecular weight excluding hydrogens is 573 g/mol. The Balaban J connectivity index is 1.31. The van der Waals surface area contributed by atoms with E-state index in [1.807, 2.05) is 65.6 Å². The number of anilines is 3. The van der Waals surface area contributed by atoms with Crippen LogP contribution in [0.25, 0.3) is 34.4 Å². The second kappa shape index (κ2) is 11.5. The second-order valence-corrected chi connectivity index (χ2v) is 9.62. The highest BCUT2D eigenvalue weighted by Gasteiger charge is 2.30. The van der Waals surface area contributed by atoms with Gasteiger partial charge in [-0.3, -0.25) is 5.41 Å². The van der Waals surface area contributed by atoms with Gasteiger partial charge in [0.1, 0.15) is 0 Å². The minimum absolute atomic E-state index is 0.0573. The summed E-state index contributed by atoms with van der Waals surface area (Å²) in [6.45, 7) is 1.73. The number of alkyl halides is 3. The normalized spacial score (nSPS) is 11.4. The average Bonchev–Trinajstić information content (AvgIpc) is 3.71. The predicted octanol–water partition coefficient (Wildman–Crippen LogP) is 8.22. The zero-order valence-corrected chi connectivity index (χ0v) is 23.3. The zero-order chi connectivity index (χ0) is 30.8. The smallest absolute Gasteiger partial charge is 0.416 e. The first-order valence-corrected chi connectivity index (χ1v) is 13.2. The molecule has 6 aromatic rings. The van der Waals surface area contributed by atoms with E-state index in [0.717, 1.165) is 34.8 Å². The van der Waals surface area contributed by atoms with Crippen LogP contribution >= 0.6 is 0 Å². The van der Waals surface area contributed by atoms with Gasteiger partial charge in [-0.1, -0.05) is 0 Å². The van der Waals surface area contributed by atoms with Gasteiger partial charge in [0.25, 0.3) is 0 Å². The number of rotatable bonds is 7. The maximum atomic E-state index is 12.9. The van der Waals surface area contributed by atoms with Gasteiger partial charge in [0.15, 0.2) is 0 Å². The molecule has 2 aromatic heterocycles. The molecule has 0 bridgehead atoms. The molecule has 0 aliphatic carbocycles. The van der Waals surface area contributed by atoms with Crippen molar-refractivity contribution >= 4 is 23.0 Å². The summed E-state index contributed by atoms with van der Waals surface area (Å²) in [5.74, 6) is 1.28. The molecule has 6 rings (SSSR count). The summed E-state index contributed by atoms with van der Waals surface area (Å²) in [5, 5.41) is 24.1. The molecular formula is C32H23F3N6O3. The summed E-state index contributed by atoms with van der Waals surface area (Å²) in [5.41, 5.74) is 4.14. The molecule has 0 radical (unpaired) electrons. The number of methoxy groups -OCH3 is 1. The van der Waals surface area contributed by atoms with E-state index in [9.17, 15) is 13.2 Å². The van der Waals surface area contributed by atoms with Crippen LogP contribution in [0.15, 0.2) is 106 Å². The van der Waals surface area contributed by atoms with E-state index in [1.54, 1.807) is 19.1 Å². The highest BCUT2D eigenvalue weighted by molar-refractivity contribution is 5.92. The van der Waals surface area contributed by atoms with Crippen molar-refractivity contribution in [2.75, 3.05) is 12.0 Å². The maximum absolute atomic E-state index is 12.9. The summed E-state index contributed by atoms with van der Waals surface area (Å²) in [7, 11) is 1.45. The molecule has 0 saturated heterocycles. The Morgan fingerprint density at radius 2 is 1.05 bits per heavy atom. The molecule has 220 valence electrons. The molecule has 0 amide bonds. The summed E-state index contributed by atoms with van der Waals surface area (Å²) >= 11 is 0. The van der Waals surface area contributed by atoms with Crippen LogP contribution in [0.2, 0.25) is 0 Å². The summed E-state index contributed by atoms with van der Waals surface area (Å²) in [6, 6.07) is 27.0. The first-order valence-electron chi connectivity index (χ1n) is 13.2. The molecule has 4 aromatic carbocycles. The van der Waals surface area contributed by atoms with Crippen molar-refractivity contribution in [1.82, 2.24) is 20.4 Å². The SMILES string of the molecule is COC(=N)c1ccc(N(c2ccc(-c3nnc(C)o3)cc2)c2ccc(-c3nnc(-c4ccc(C(F)(F)F)cc4)o3)cc2)cc1. The number of ether oxygens (including phenoxy) is 1. The number of halogens is 3. The Morgan fingerprint density at radius 3 is 1.45 bits per heavy atom. The first kappa shape index (κ1) is 28.3. The van der Waals surface area contributed by atoms with Crippen LogP contribution < -0.4 is 4.90 Å². The number of benzene rings is 4. The van der Waals surface area contributed by atoms with Gasteiger partial charge in [0.05, 0.1) is 12.7 Å². The molecule has 9 nitrogen and oxygen atoms in total. The number of nitrogens with zero attached hydrogens (tertiary/aromatic N) is 5. The molecule has 1 N–H and O–H groups in total. The predicted molar refractivity (Wildman–Crippen MR) is 157 cm³/mol. The van der Waals surface area contributed by atoms with E-state index in [4.69, 9.17) is 19.0 Å². The highest BCUT2D eigenvalue weighted by Crippen LogP contribution is 2.37. The van der Waals surface area contributed by atoms with Crippen LogP contribution in [0.3, 0.4) is 0 Å². The van der Waals surface area contributed by atoms with Crippen molar-refractivity contribution in [2.45, 2.75) is 13.1 Å². The van der Waals surface area contributed by atoms with E-state index < -0.39 is 11.7 Å². The highest BCUT2D eigenvalue weighted by atomic mass is 19.4. The fraction of sp³-hybridized carbons (Fsp3) is 0.0938. The second-order valence-electron chi connectivity index (χ2n) is 9.62. The molecule has 2 heterocycles. The van der Waals surface area contributed by atoms with Crippen LogP contribution in [0.1, 0.15) is 17.0 Å². The molecule has 0 aliphatic rings. The van der Waals surface area contributed by atoms with Gasteiger partial charge in [-0.2, -0.15) is 13.2 Å². The third kappa shape index (κ3) is 5.77. The lowest BCUT2D eigenvalue weighted by atomic mass is 10.1. The Kier molecular flexibility index (Phi) is 7.39. The number of aryl methyl sites for hydroxylation is 1. The van der Waals surface area contributed by atoms with Gasteiger partial charge >= 0.3 is 6.18 Å². The Labute approximate surface area is 249 Å². The minimum Gasteiger partial charge on any atom is -0.481 e. The van der Waals surface area contributed by atoms with Crippen LogP contribution in [0.5, 0.6) is 0 Å². The molecule has 0 fully saturated rings. The summed E-state index contributed by atoms with van der Waals surface area (Å²) in [6.07, 6.45) is -4.43. The Bertz CT molecular complexity index is 1900. The van der Waals surface area contributed by atoms with Crippen molar-refractivity contribution in [3.8, 4) is 34.4 Å². The third-order valence-electron chi connectivity index (χ3n) is 6.75. The van der Waals surface area contributed by atoms with Crippen molar-refractivity contribution in [1.29, 1.82) is 5.41 Å². The Morgan fingerprint density at radius 1 is 0.636 bits per heavy atom. The van der Waals surface area contributed by atoms with Gasteiger partial charge in [0.2, 0.25) is 29.5 Å². The topological polar surface area (TPSA) is 114 Å². The van der Waals surface area contributed by atoms with Gasteiger partial charge in [-0.15, -0.1) is 20.4 Å². The summed E-state index contributed by atoms with van der Waals surface area (Å²) in [4.78, 5) is 2.02. The van der Waals surface area contributed by atoms with Crippen molar-refractivity contribution in [3.63, 3.8) is 0 Å². The van der Waals surface area contributed by atoms with Gasteiger partial charge in [-0.25, -0.2) is 0 Å². The number of hydrogen-bond donors (Lipinski definition) is 1. The maximum Gasteiger partial charge on any atom is 0.416 e. The van der Waals surface area contributed by atoms with Crippen LogP contribution in [0, 0.1) is 12.3 Å². The van der Waals surface area contributed by atoms with E-state index in [0.29, 0.717) is 28.5 Å². The number of nitrogens with one attached hydrogen (secondary N) is 1. The van der Waals surface area contributed by atoms with E-state index in [2.05, 4.69) is 20.4 Å². The molecule has 0 aliphatic heterocycles. The van der Waals surface area contributed by atoms with Gasteiger partial charge < -0.3 is 18.5 Å². The number of aromatic nitrogens is 4. The lowest BCUT2D eigenvalue weighted by Crippen LogP contribution is -2.10. The zero-order valence-electron chi connectivity index (χ0n) is 23.3. The standard InChI is InChI=1S/C32H23F3N6O3/c1-19-37-38-29(43-19)22-7-15-26(16-8-22)41(25-13-5-20(6-14-25)28(36)42-2)27-17-9-23(10-18-27)31-40-39-30(44-31)21-3-11-24(12-4-21)32(33,34)35/h3-18,36H,1-2H3. The van der Waals surface area contributed by atoms with Crippen LogP contribution in [-0.4, -0.2) is 33.4 Å². The molecule has 0 saturated carbocycles. The fourth-order valence-corrected chi connectivity index (χ4v) is 4.50. The van der Waals surface area contributed by atoms with E-state index in [1.165, 1.54) is 19.2 Å². The summed E-state index contributed by atoms with van der Waals surface area (Å²) < 4.78 is 55.2. The van der Waals surface area contributed by atoms with Gasteiger partial charge in [0, 0.05) is 46.2 Å². The quantitative estimate of drug-likeness (QED) is 0.145. The largest absolute Gasteiger partial charge is 0.481 e. The molecule has 12 heteroatoms. The van der Waals surface area contributed by atoms with Crippen molar-refractivity contribution < 1.29 is 26.7 Å². The monoisotopic (exact) mass is 596 g/mol. The average molecular weight is 597 g/mol. The minimum atomic E-state index is -4.43. The van der Waals surface area contributed by atoms with Crippen LogP contribution in [-0.2, 0) is 10.9 Å². The fourth-order valence-electron chi connectivity index (χ4n) is 4.50. The molecule has 0 atom stereocenters. The Hall–Kier alpha value is -5.78. The number of hydrogen-bond acceptors (Lipinski definition) is 9. The van der Waals surface area contributed by atoms with Crippen molar-refractivity contribution in [3.05, 3.63) is 114 Å². The third-order valence-corrected chi connectivity index (χ3v) is 6.75. The van der Waals surface area contributed by atoms with E-state index in [-0.39, 0.29) is 17.7 Å². The molecule has 0 unspecified atom stereocenters. The first-order chi connectivity index (χ1) is 21.2.